The third-order valence-electron chi connectivity index (χ3n) is 2.88. The molecule has 0 spiro atoms. The highest BCUT2D eigenvalue weighted by atomic mass is 32.2. The van der Waals surface area contributed by atoms with E-state index in [-0.39, 0.29) is 11.9 Å². The van der Waals surface area contributed by atoms with Gasteiger partial charge in [-0.15, -0.1) is 0 Å². The molecule has 1 aromatic rings. The predicted molar refractivity (Wildman–Crippen MR) is 65.6 cm³/mol. The monoisotopic (exact) mass is 255 g/mol. The molecule has 5 nitrogen and oxygen atoms in total. The zero-order valence-electron chi connectivity index (χ0n) is 9.81. The minimum atomic E-state index is -0.868. The largest absolute Gasteiger partial charge is 0.465 e. The van der Waals surface area contributed by atoms with Gasteiger partial charge in [0, 0.05) is 18.1 Å². The Balaban J connectivity index is 1.98. The normalized spacial score (nSPS) is 18.7. The Bertz CT molecular complexity index is 378. The number of esters is 1. The third-order valence-corrected chi connectivity index (χ3v) is 4.00. The average Bonchev–Trinajstić information content (AvgIpc) is 3.05. The minimum Gasteiger partial charge on any atom is -0.465 e. The van der Waals surface area contributed by atoms with E-state index in [4.69, 9.17) is 10.5 Å². The van der Waals surface area contributed by atoms with E-state index >= 15 is 0 Å². The molecule has 2 rings (SSSR count). The van der Waals surface area contributed by atoms with Gasteiger partial charge in [0.15, 0.2) is 5.16 Å². The zero-order chi connectivity index (χ0) is 12.3. The number of H-pyrrole nitrogens is 1. The number of carbonyl (C=O) groups excluding carboxylic acids is 1. The van der Waals surface area contributed by atoms with Crippen molar-refractivity contribution < 1.29 is 9.53 Å². The van der Waals surface area contributed by atoms with Crippen LogP contribution in [-0.4, -0.2) is 33.8 Å². The molecule has 94 valence electrons. The van der Waals surface area contributed by atoms with Gasteiger partial charge in [-0.3, -0.25) is 4.79 Å². The van der Waals surface area contributed by atoms with Crippen molar-refractivity contribution in [2.75, 3.05) is 12.4 Å². The second-order valence-electron chi connectivity index (χ2n) is 4.22. The van der Waals surface area contributed by atoms with Crippen LogP contribution < -0.4 is 5.73 Å². The Labute approximate surface area is 105 Å². The van der Waals surface area contributed by atoms with Crippen LogP contribution in [0.3, 0.4) is 0 Å². The van der Waals surface area contributed by atoms with Gasteiger partial charge in [-0.05, 0) is 25.7 Å². The molecule has 0 saturated heterocycles. The van der Waals surface area contributed by atoms with E-state index in [2.05, 4.69) is 9.97 Å². The van der Waals surface area contributed by atoms with Gasteiger partial charge in [0.25, 0.3) is 0 Å². The van der Waals surface area contributed by atoms with E-state index in [1.807, 2.05) is 0 Å². The summed E-state index contributed by atoms with van der Waals surface area (Å²) in [6, 6.07) is 0. The van der Waals surface area contributed by atoms with E-state index in [0.717, 1.165) is 18.0 Å². The number of nitrogens with zero attached hydrogens (tertiary/aromatic N) is 1. The van der Waals surface area contributed by atoms with Crippen molar-refractivity contribution >= 4 is 17.7 Å². The summed E-state index contributed by atoms with van der Waals surface area (Å²) in [5, 5.41) is 0.782. The summed E-state index contributed by atoms with van der Waals surface area (Å²) in [4.78, 5) is 19.0. The lowest BCUT2D eigenvalue weighted by Gasteiger charge is -2.26. The second-order valence-corrected chi connectivity index (χ2v) is 5.18. The second kappa shape index (κ2) is 5.10. The maximum atomic E-state index is 11.9. The predicted octanol–water partition coefficient (Wildman–Crippen LogP) is 1.17. The fraction of sp³-hybridized carbons (Fsp3) is 0.636. The van der Waals surface area contributed by atoms with Crippen LogP contribution >= 0.6 is 11.8 Å². The van der Waals surface area contributed by atoms with Gasteiger partial charge in [-0.2, -0.15) is 0 Å². The number of aromatic nitrogens is 2. The number of thioether (sulfide) groups is 1. The highest BCUT2D eigenvalue weighted by Crippen LogP contribution is 2.41. The number of aromatic amines is 1. The summed E-state index contributed by atoms with van der Waals surface area (Å²) < 4.78 is 5.07. The molecule has 1 atom stereocenters. The number of nitrogens with one attached hydrogen (secondary N) is 1. The lowest BCUT2D eigenvalue weighted by molar-refractivity contribution is -0.149. The van der Waals surface area contributed by atoms with Crippen molar-refractivity contribution in [3.63, 3.8) is 0 Å². The first-order valence-corrected chi connectivity index (χ1v) is 6.73. The van der Waals surface area contributed by atoms with Crippen LogP contribution in [-0.2, 0) is 9.53 Å². The van der Waals surface area contributed by atoms with E-state index in [1.54, 1.807) is 19.3 Å². The average molecular weight is 255 g/mol. The molecule has 1 aliphatic carbocycles. The highest BCUT2D eigenvalue weighted by molar-refractivity contribution is 7.99. The summed E-state index contributed by atoms with van der Waals surface area (Å²) >= 11 is 1.46. The summed E-state index contributed by atoms with van der Waals surface area (Å²) in [5.74, 6) is 0.467. The number of nitrogens with two attached hydrogens (primary N) is 1. The molecule has 0 aliphatic heterocycles. The standard InChI is InChI=1S/C11H17N3O2S/c1-2-16-9(15)11(12,8-3-4-8)7-17-10-13-5-6-14-10/h5-6,8H,2-4,7,12H2,1H3,(H,13,14). The molecule has 17 heavy (non-hydrogen) atoms. The Hall–Kier alpha value is -1.01. The van der Waals surface area contributed by atoms with Gasteiger partial charge in [0.2, 0.25) is 0 Å². The maximum Gasteiger partial charge on any atom is 0.327 e. The molecule has 1 heterocycles. The van der Waals surface area contributed by atoms with E-state index in [9.17, 15) is 4.79 Å². The van der Waals surface area contributed by atoms with E-state index in [0.29, 0.717) is 12.4 Å². The molecule has 0 amide bonds. The lowest BCUT2D eigenvalue weighted by Crippen LogP contribution is -2.53. The van der Waals surface area contributed by atoms with Crippen LogP contribution in [0.5, 0.6) is 0 Å². The van der Waals surface area contributed by atoms with Crippen LogP contribution in [0.4, 0.5) is 0 Å². The van der Waals surface area contributed by atoms with Gasteiger partial charge >= 0.3 is 5.97 Å². The zero-order valence-corrected chi connectivity index (χ0v) is 10.6. The van der Waals surface area contributed by atoms with Crippen molar-refractivity contribution in [3.8, 4) is 0 Å². The van der Waals surface area contributed by atoms with Gasteiger partial charge in [-0.1, -0.05) is 11.8 Å². The van der Waals surface area contributed by atoms with E-state index < -0.39 is 5.54 Å². The summed E-state index contributed by atoms with van der Waals surface area (Å²) in [6.07, 6.45) is 5.45. The van der Waals surface area contributed by atoms with Crippen molar-refractivity contribution in [1.82, 2.24) is 9.97 Å². The quantitative estimate of drug-likeness (QED) is 0.589. The molecule has 1 aliphatic rings. The van der Waals surface area contributed by atoms with E-state index in [1.165, 1.54) is 11.8 Å². The third kappa shape index (κ3) is 2.81. The molecule has 1 fully saturated rings. The SMILES string of the molecule is CCOC(=O)C(N)(CSc1ncc[nH]1)C1CC1. The van der Waals surface area contributed by atoms with Crippen LogP contribution in [0.2, 0.25) is 0 Å². The molecule has 1 saturated carbocycles. The Kier molecular flexibility index (Phi) is 3.73. The smallest absolute Gasteiger partial charge is 0.327 e. The van der Waals surface area contributed by atoms with Crippen molar-refractivity contribution in [1.29, 1.82) is 0 Å². The summed E-state index contributed by atoms with van der Waals surface area (Å²) in [7, 11) is 0. The molecular weight excluding hydrogens is 238 g/mol. The molecule has 0 aromatic carbocycles. The Morgan fingerprint density at radius 1 is 1.76 bits per heavy atom. The number of rotatable bonds is 6. The van der Waals surface area contributed by atoms with Crippen LogP contribution in [0.15, 0.2) is 17.6 Å². The molecule has 6 heteroatoms. The highest BCUT2D eigenvalue weighted by Gasteiger charge is 2.49. The summed E-state index contributed by atoms with van der Waals surface area (Å²) in [6.45, 7) is 2.17. The maximum absolute atomic E-state index is 11.9. The van der Waals surface area contributed by atoms with Crippen LogP contribution in [0.1, 0.15) is 19.8 Å². The molecular formula is C11H17N3O2S. The van der Waals surface area contributed by atoms with Crippen LogP contribution in [0.25, 0.3) is 0 Å². The molecule has 1 aromatic heterocycles. The first-order chi connectivity index (χ1) is 8.16. The molecule has 0 bridgehead atoms. The number of hydrogen-bond acceptors (Lipinski definition) is 5. The topological polar surface area (TPSA) is 81.0 Å². The van der Waals surface area contributed by atoms with Gasteiger partial charge < -0.3 is 15.5 Å². The number of ether oxygens (including phenoxy) is 1. The Morgan fingerprint density at radius 3 is 3.06 bits per heavy atom. The Morgan fingerprint density at radius 2 is 2.53 bits per heavy atom. The molecule has 1 unspecified atom stereocenters. The number of imidazole rings is 1. The lowest BCUT2D eigenvalue weighted by atomic mass is 9.97. The fourth-order valence-electron chi connectivity index (χ4n) is 1.72. The van der Waals surface area contributed by atoms with Gasteiger partial charge in [-0.25, -0.2) is 4.98 Å². The fourth-order valence-corrected chi connectivity index (χ4v) is 2.74. The van der Waals surface area contributed by atoms with Crippen molar-refractivity contribution in [3.05, 3.63) is 12.4 Å². The van der Waals surface area contributed by atoms with Crippen molar-refractivity contribution in [2.45, 2.75) is 30.5 Å². The van der Waals surface area contributed by atoms with Crippen molar-refractivity contribution in [2.24, 2.45) is 11.7 Å². The molecule has 3 N–H and O–H groups in total. The van der Waals surface area contributed by atoms with Crippen LogP contribution in [0, 0.1) is 5.92 Å². The van der Waals surface area contributed by atoms with Gasteiger partial charge in [0.05, 0.1) is 6.61 Å². The first-order valence-electron chi connectivity index (χ1n) is 5.75. The number of hydrogen-bond donors (Lipinski definition) is 2. The summed E-state index contributed by atoms with van der Waals surface area (Å²) in [5.41, 5.74) is 5.34. The minimum absolute atomic E-state index is 0.254. The molecule has 0 radical (unpaired) electrons. The van der Waals surface area contributed by atoms with Gasteiger partial charge in [0.1, 0.15) is 5.54 Å². The number of carbonyl (C=O) groups is 1. The first kappa shape index (κ1) is 12.4.